The summed E-state index contributed by atoms with van der Waals surface area (Å²) in [6.45, 7) is 7.53. The molecule has 0 radical (unpaired) electrons. The number of carbonyl (C=O) groups excluding carboxylic acids is 2. The topological polar surface area (TPSA) is 90.4 Å². The summed E-state index contributed by atoms with van der Waals surface area (Å²) in [5.74, 6) is -0.420. The lowest BCUT2D eigenvalue weighted by atomic mass is 10.1. The molecule has 7 heteroatoms. The van der Waals surface area contributed by atoms with E-state index < -0.39 is 0 Å². The number of rotatable bonds is 3. The lowest BCUT2D eigenvalue weighted by molar-refractivity contribution is -0.118. The molecule has 2 heterocycles. The molecule has 1 aromatic carbocycles. The molecule has 7 nitrogen and oxygen atoms in total. The van der Waals surface area contributed by atoms with Crippen molar-refractivity contribution < 1.29 is 9.59 Å². The molecule has 0 atom stereocenters. The van der Waals surface area contributed by atoms with Crippen LogP contribution >= 0.6 is 0 Å². The van der Waals surface area contributed by atoms with Crippen molar-refractivity contribution in [2.45, 2.75) is 40.5 Å². The van der Waals surface area contributed by atoms with Gasteiger partial charge in [0.15, 0.2) is 0 Å². The number of hydrogen-bond donors (Lipinski definition) is 2. The van der Waals surface area contributed by atoms with Crippen LogP contribution in [0.4, 0.5) is 11.4 Å². The van der Waals surface area contributed by atoms with Crippen molar-refractivity contribution >= 4 is 28.9 Å². The average molecular weight is 339 g/mol. The van der Waals surface area contributed by atoms with Gasteiger partial charge in [-0.3, -0.25) is 14.7 Å². The number of amides is 2. The van der Waals surface area contributed by atoms with E-state index in [1.54, 1.807) is 0 Å². The highest BCUT2D eigenvalue weighted by molar-refractivity contribution is 6.44. The van der Waals surface area contributed by atoms with Crippen molar-refractivity contribution in [3.63, 3.8) is 0 Å². The third kappa shape index (κ3) is 3.31. The van der Waals surface area contributed by atoms with Gasteiger partial charge in [-0.2, -0.15) is 10.2 Å². The Morgan fingerprint density at radius 2 is 1.96 bits per heavy atom. The Balaban J connectivity index is 1.90. The van der Waals surface area contributed by atoms with Gasteiger partial charge in [0.2, 0.25) is 5.91 Å². The zero-order chi connectivity index (χ0) is 18.1. The van der Waals surface area contributed by atoms with E-state index in [1.165, 1.54) is 5.01 Å². The second kappa shape index (κ2) is 6.51. The number of aromatic amines is 1. The number of carbonyl (C=O) groups is 2. The quantitative estimate of drug-likeness (QED) is 0.901. The molecule has 2 aromatic rings. The zero-order valence-corrected chi connectivity index (χ0v) is 14.8. The molecule has 0 spiro atoms. The highest BCUT2D eigenvalue weighted by Crippen LogP contribution is 2.26. The molecule has 0 bridgehead atoms. The largest absolute Gasteiger partial charge is 0.318 e. The van der Waals surface area contributed by atoms with Crippen LogP contribution in [0.5, 0.6) is 0 Å². The molecule has 130 valence electrons. The van der Waals surface area contributed by atoms with Gasteiger partial charge in [0.25, 0.3) is 5.91 Å². The zero-order valence-electron chi connectivity index (χ0n) is 14.8. The van der Waals surface area contributed by atoms with Crippen LogP contribution in [0.25, 0.3) is 0 Å². The van der Waals surface area contributed by atoms with Gasteiger partial charge in [0.1, 0.15) is 5.71 Å². The first-order valence-electron chi connectivity index (χ1n) is 8.17. The molecular formula is C18H21N5O2. The van der Waals surface area contributed by atoms with Gasteiger partial charge in [0.05, 0.1) is 22.8 Å². The molecule has 1 aliphatic rings. The van der Waals surface area contributed by atoms with E-state index in [0.717, 1.165) is 16.8 Å². The number of hydrazone groups is 1. The van der Waals surface area contributed by atoms with Crippen molar-refractivity contribution in [2.75, 3.05) is 10.3 Å². The standard InChI is InChI=1S/C18H21N5O2/c1-10-5-6-11(2)15(9-10)23-16(24)8-7-14(22-23)18(25)19-17-12(3)20-21-13(17)4/h5-6,9H,7-8H2,1-4H3,(H,19,25)(H,20,21). The van der Waals surface area contributed by atoms with Crippen LogP contribution in [0.2, 0.25) is 0 Å². The van der Waals surface area contributed by atoms with Gasteiger partial charge < -0.3 is 5.32 Å². The third-order valence-corrected chi connectivity index (χ3v) is 4.25. The molecule has 0 saturated heterocycles. The fourth-order valence-electron chi connectivity index (χ4n) is 2.77. The first kappa shape index (κ1) is 16.9. The van der Waals surface area contributed by atoms with Crippen LogP contribution in [-0.4, -0.2) is 27.7 Å². The number of aromatic nitrogens is 2. The Labute approximate surface area is 146 Å². The lowest BCUT2D eigenvalue weighted by Gasteiger charge is -2.24. The first-order chi connectivity index (χ1) is 11.9. The molecule has 0 aliphatic carbocycles. The summed E-state index contributed by atoms with van der Waals surface area (Å²) in [6.07, 6.45) is 0.574. The Bertz CT molecular complexity index is 862. The van der Waals surface area contributed by atoms with Crippen molar-refractivity contribution in [3.8, 4) is 0 Å². The lowest BCUT2D eigenvalue weighted by Crippen LogP contribution is -2.36. The molecule has 0 saturated carbocycles. The van der Waals surface area contributed by atoms with Gasteiger partial charge in [-0.15, -0.1) is 0 Å². The predicted molar refractivity (Wildman–Crippen MR) is 96.8 cm³/mol. The molecule has 0 unspecified atom stereocenters. The summed E-state index contributed by atoms with van der Waals surface area (Å²) >= 11 is 0. The summed E-state index contributed by atoms with van der Waals surface area (Å²) in [7, 11) is 0. The third-order valence-electron chi connectivity index (χ3n) is 4.25. The van der Waals surface area contributed by atoms with E-state index in [-0.39, 0.29) is 18.2 Å². The Morgan fingerprint density at radius 3 is 2.64 bits per heavy atom. The Morgan fingerprint density at radius 1 is 1.20 bits per heavy atom. The minimum absolute atomic E-state index is 0.110. The van der Waals surface area contributed by atoms with Crippen molar-refractivity contribution in [1.29, 1.82) is 0 Å². The fraction of sp³-hybridized carbons (Fsp3) is 0.333. The van der Waals surface area contributed by atoms with Crippen LogP contribution in [-0.2, 0) is 9.59 Å². The van der Waals surface area contributed by atoms with Gasteiger partial charge in [-0.25, -0.2) is 5.01 Å². The summed E-state index contributed by atoms with van der Waals surface area (Å²) in [5, 5.41) is 15.4. The number of aryl methyl sites for hydroxylation is 4. The molecule has 0 fully saturated rings. The summed E-state index contributed by atoms with van der Waals surface area (Å²) in [5.41, 5.74) is 5.17. The molecule has 3 rings (SSSR count). The Kier molecular flexibility index (Phi) is 4.39. The smallest absolute Gasteiger partial charge is 0.271 e. The Hall–Kier alpha value is -2.96. The number of nitrogens with one attached hydrogen (secondary N) is 2. The molecule has 25 heavy (non-hydrogen) atoms. The second-order valence-electron chi connectivity index (χ2n) is 6.31. The van der Waals surface area contributed by atoms with Crippen LogP contribution in [0.1, 0.15) is 35.4 Å². The monoisotopic (exact) mass is 339 g/mol. The average Bonchev–Trinajstić information content (AvgIpc) is 2.89. The van der Waals surface area contributed by atoms with Crippen molar-refractivity contribution in [1.82, 2.24) is 10.2 Å². The number of H-pyrrole nitrogens is 1. The molecule has 1 aliphatic heterocycles. The van der Waals surface area contributed by atoms with Crippen molar-refractivity contribution in [2.24, 2.45) is 5.10 Å². The van der Waals surface area contributed by atoms with Crippen LogP contribution < -0.4 is 10.3 Å². The predicted octanol–water partition coefficient (Wildman–Crippen LogP) is 2.76. The molecule has 2 N–H and O–H groups in total. The van der Waals surface area contributed by atoms with Crippen LogP contribution in [0, 0.1) is 27.7 Å². The van der Waals surface area contributed by atoms with Gasteiger partial charge in [0, 0.05) is 12.8 Å². The summed E-state index contributed by atoms with van der Waals surface area (Å²) in [6, 6.07) is 5.83. The fourth-order valence-corrected chi connectivity index (χ4v) is 2.77. The number of hydrogen-bond acceptors (Lipinski definition) is 4. The number of nitrogens with zero attached hydrogens (tertiary/aromatic N) is 3. The maximum atomic E-state index is 12.6. The van der Waals surface area contributed by atoms with E-state index in [0.29, 0.717) is 29.2 Å². The number of benzene rings is 1. The highest BCUT2D eigenvalue weighted by atomic mass is 16.2. The van der Waals surface area contributed by atoms with Gasteiger partial charge >= 0.3 is 0 Å². The molecule has 1 aromatic heterocycles. The minimum atomic E-state index is -0.310. The first-order valence-corrected chi connectivity index (χ1v) is 8.17. The molecular weight excluding hydrogens is 318 g/mol. The van der Waals surface area contributed by atoms with Crippen molar-refractivity contribution in [3.05, 3.63) is 40.7 Å². The number of anilines is 2. The van der Waals surface area contributed by atoms with E-state index in [2.05, 4.69) is 20.6 Å². The van der Waals surface area contributed by atoms with Gasteiger partial charge in [-0.05, 0) is 44.9 Å². The summed E-state index contributed by atoms with van der Waals surface area (Å²) < 4.78 is 0. The van der Waals surface area contributed by atoms with E-state index in [1.807, 2.05) is 45.9 Å². The SMILES string of the molecule is Cc1ccc(C)c(N2N=C(C(=O)Nc3c(C)n[nH]c3C)CCC2=O)c1. The highest BCUT2D eigenvalue weighted by Gasteiger charge is 2.27. The van der Waals surface area contributed by atoms with Crippen LogP contribution in [0.15, 0.2) is 23.3 Å². The maximum Gasteiger partial charge on any atom is 0.271 e. The maximum absolute atomic E-state index is 12.6. The van der Waals surface area contributed by atoms with Gasteiger partial charge in [-0.1, -0.05) is 12.1 Å². The normalized spacial score (nSPS) is 14.5. The minimum Gasteiger partial charge on any atom is -0.318 e. The second-order valence-corrected chi connectivity index (χ2v) is 6.31. The molecule has 2 amide bonds. The van der Waals surface area contributed by atoms with Crippen LogP contribution in [0.3, 0.4) is 0 Å². The van der Waals surface area contributed by atoms with E-state index in [9.17, 15) is 9.59 Å². The van der Waals surface area contributed by atoms with E-state index >= 15 is 0 Å². The summed E-state index contributed by atoms with van der Waals surface area (Å²) in [4.78, 5) is 24.9. The van der Waals surface area contributed by atoms with E-state index in [4.69, 9.17) is 0 Å².